The van der Waals surface area contributed by atoms with E-state index >= 15 is 0 Å². The Morgan fingerprint density at radius 3 is 2.70 bits per heavy atom. The molecule has 122 valence electrons. The third-order valence-electron chi connectivity index (χ3n) is 2.93. The van der Waals surface area contributed by atoms with Gasteiger partial charge in [-0.1, -0.05) is 23.4 Å². The van der Waals surface area contributed by atoms with Crippen LogP contribution in [0.15, 0.2) is 43.3 Å². The molecule has 1 aromatic rings. The van der Waals surface area contributed by atoms with E-state index in [2.05, 4.69) is 9.97 Å². The molecule has 0 amide bonds. The number of rotatable bonds is 4. The Morgan fingerprint density at radius 2 is 2.17 bits per heavy atom. The van der Waals surface area contributed by atoms with Gasteiger partial charge in [0.15, 0.2) is 5.16 Å². The highest BCUT2D eigenvalue weighted by molar-refractivity contribution is 7.98. The number of nitrogens with one attached hydrogen (secondary N) is 1. The number of carbonyl (C=O) groups excluding carboxylic acids is 1. The Kier molecular flexibility index (Phi) is 5.30. The molecule has 0 aromatic carbocycles. The molecule has 0 aliphatic heterocycles. The summed E-state index contributed by atoms with van der Waals surface area (Å²) >= 11 is 7.19. The van der Waals surface area contributed by atoms with Crippen molar-refractivity contribution in [1.29, 1.82) is 0 Å². The van der Waals surface area contributed by atoms with Crippen molar-refractivity contribution in [3.05, 3.63) is 49.5 Å². The van der Waals surface area contributed by atoms with Gasteiger partial charge in [0.1, 0.15) is 17.7 Å². The van der Waals surface area contributed by atoms with E-state index < -0.39 is 17.4 Å². The highest BCUT2D eigenvalue weighted by Gasteiger charge is 2.26. The Hall–Kier alpha value is -2.02. The first-order chi connectivity index (χ1) is 10.9. The molecule has 1 aliphatic rings. The van der Waals surface area contributed by atoms with Gasteiger partial charge in [0.25, 0.3) is 0 Å². The van der Waals surface area contributed by atoms with Crippen LogP contribution in [0.2, 0.25) is 0 Å². The van der Waals surface area contributed by atoms with Crippen LogP contribution < -0.4 is 11.4 Å². The van der Waals surface area contributed by atoms with Crippen molar-refractivity contribution in [3.63, 3.8) is 0 Å². The molecule has 7 nitrogen and oxygen atoms in total. The number of halogens is 1. The second kappa shape index (κ2) is 7.04. The number of aromatic amines is 1. The van der Waals surface area contributed by atoms with Crippen molar-refractivity contribution >= 4 is 29.3 Å². The van der Waals surface area contributed by atoms with Gasteiger partial charge in [0.05, 0.1) is 16.7 Å². The number of hydrogen-bond acceptors (Lipinski definition) is 6. The average molecular weight is 356 g/mol. The van der Waals surface area contributed by atoms with Crippen LogP contribution in [0.5, 0.6) is 0 Å². The summed E-state index contributed by atoms with van der Waals surface area (Å²) in [6, 6.07) is -0.983. The van der Waals surface area contributed by atoms with Gasteiger partial charge in [-0.15, -0.1) is 0 Å². The molecule has 2 rings (SSSR count). The zero-order valence-corrected chi connectivity index (χ0v) is 14.2. The average Bonchev–Trinajstić information content (AvgIpc) is 2.48. The lowest BCUT2D eigenvalue weighted by Gasteiger charge is -2.22. The highest BCUT2D eigenvalue weighted by Crippen LogP contribution is 2.31. The number of thioether (sulfide) groups is 1. The van der Waals surface area contributed by atoms with Gasteiger partial charge < -0.3 is 4.74 Å². The molecule has 0 radical (unpaired) electrons. The zero-order chi connectivity index (χ0) is 17.1. The first-order valence-corrected chi connectivity index (χ1v) is 8.25. The van der Waals surface area contributed by atoms with Crippen LogP contribution in [0.1, 0.15) is 19.9 Å². The van der Waals surface area contributed by atoms with Gasteiger partial charge >= 0.3 is 11.4 Å². The largest absolute Gasteiger partial charge is 0.490 e. The minimum Gasteiger partial charge on any atom is -0.490 e. The number of ether oxygens (including phenoxy) is 1. The van der Waals surface area contributed by atoms with Crippen molar-refractivity contribution < 1.29 is 9.53 Å². The molecule has 1 atom stereocenters. The first kappa shape index (κ1) is 17.3. The molecule has 0 saturated carbocycles. The highest BCUT2D eigenvalue weighted by atomic mass is 35.5. The van der Waals surface area contributed by atoms with Gasteiger partial charge in [-0.25, -0.2) is 19.0 Å². The van der Waals surface area contributed by atoms with Crippen LogP contribution in [0.4, 0.5) is 0 Å². The summed E-state index contributed by atoms with van der Waals surface area (Å²) in [5.74, 6) is 1.98. The van der Waals surface area contributed by atoms with E-state index in [0.717, 1.165) is 16.3 Å². The lowest BCUT2D eigenvalue weighted by atomic mass is 10.0. The van der Waals surface area contributed by atoms with Gasteiger partial charge in [-0.2, -0.15) is 4.98 Å². The summed E-state index contributed by atoms with van der Waals surface area (Å²) in [5, 5.41) is 0.395. The third kappa shape index (κ3) is 3.67. The fraction of sp³-hybridized carbons (Fsp3) is 0.357. The molecule has 23 heavy (non-hydrogen) atoms. The summed E-state index contributed by atoms with van der Waals surface area (Å²) < 4.78 is 6.36. The van der Waals surface area contributed by atoms with E-state index in [4.69, 9.17) is 16.3 Å². The van der Waals surface area contributed by atoms with Crippen molar-refractivity contribution in [2.45, 2.75) is 31.1 Å². The molecule has 1 heterocycles. The number of nitrogens with zero attached hydrogens (tertiary/aromatic N) is 2. The summed E-state index contributed by atoms with van der Waals surface area (Å²) in [7, 11) is 0. The maximum absolute atomic E-state index is 12.2. The molecular weight excluding hydrogens is 342 g/mol. The van der Waals surface area contributed by atoms with Crippen LogP contribution in [0.25, 0.3) is 0 Å². The number of allylic oxidation sites excluding steroid dienone is 4. The molecule has 0 spiro atoms. The van der Waals surface area contributed by atoms with Crippen LogP contribution in [-0.2, 0) is 9.53 Å². The second-order valence-corrected chi connectivity index (χ2v) is 6.10. The fourth-order valence-electron chi connectivity index (χ4n) is 2.01. The minimum absolute atomic E-state index is 0.0393. The van der Waals surface area contributed by atoms with Crippen LogP contribution >= 0.6 is 23.4 Å². The second-order valence-electron chi connectivity index (χ2n) is 4.90. The zero-order valence-electron chi connectivity index (χ0n) is 12.6. The van der Waals surface area contributed by atoms with E-state index in [-0.39, 0.29) is 27.6 Å². The van der Waals surface area contributed by atoms with Crippen molar-refractivity contribution in [1.82, 2.24) is 14.5 Å². The molecular formula is C14H14ClN3O4S. The molecule has 1 unspecified atom stereocenters. The summed E-state index contributed by atoms with van der Waals surface area (Å²) in [6.07, 6.45) is 4.26. The molecule has 9 heteroatoms. The molecule has 1 aromatic heterocycles. The maximum Gasteiger partial charge on any atom is 0.354 e. The van der Waals surface area contributed by atoms with E-state index in [1.165, 1.54) is 12.2 Å². The number of H-pyrrole nitrogens is 1. The monoisotopic (exact) mass is 355 g/mol. The Labute approximate surface area is 140 Å². The number of aromatic nitrogens is 3. The molecule has 0 bridgehead atoms. The summed E-state index contributed by atoms with van der Waals surface area (Å²) in [4.78, 5) is 41.7. The predicted molar refractivity (Wildman–Crippen MR) is 87.4 cm³/mol. The van der Waals surface area contributed by atoms with Gasteiger partial charge in [0.2, 0.25) is 0 Å². The Balaban J connectivity index is 2.61. The molecule has 1 aliphatic carbocycles. The number of hydrogen-bond donors (Lipinski definition) is 1. The predicted octanol–water partition coefficient (Wildman–Crippen LogP) is 1.40. The Bertz CT molecular complexity index is 815. The lowest BCUT2D eigenvalue weighted by molar-refractivity contribution is 0.154. The van der Waals surface area contributed by atoms with Crippen molar-refractivity contribution in [2.24, 2.45) is 0 Å². The van der Waals surface area contributed by atoms with Gasteiger partial charge in [-0.3, -0.25) is 4.98 Å². The van der Waals surface area contributed by atoms with E-state index in [1.807, 2.05) is 0 Å². The quantitative estimate of drug-likeness (QED) is 0.648. The van der Waals surface area contributed by atoms with Crippen LogP contribution in [0, 0.1) is 0 Å². The first-order valence-electron chi connectivity index (χ1n) is 6.65. The lowest BCUT2D eigenvalue weighted by Crippen LogP contribution is -2.40. The molecule has 0 fully saturated rings. The van der Waals surface area contributed by atoms with Crippen molar-refractivity contribution in [3.8, 4) is 0 Å². The van der Waals surface area contributed by atoms with E-state index in [0.29, 0.717) is 0 Å². The fourth-order valence-corrected chi connectivity index (χ4v) is 2.59. The topological polar surface area (TPSA) is 94.1 Å². The van der Waals surface area contributed by atoms with Crippen molar-refractivity contribution in [2.75, 3.05) is 6.26 Å². The smallest absolute Gasteiger partial charge is 0.354 e. The summed E-state index contributed by atoms with van der Waals surface area (Å²) in [5.41, 5.74) is -1.42. The normalized spacial score (nSPS) is 17.6. The molecule has 1 N–H and O–H groups in total. The SMILES string of the molecule is CSc1nc(=O)n(C2C=C(OC(C)C)C(Cl)=CC2=C=O)c(=O)[nH]1. The van der Waals surface area contributed by atoms with E-state index in [9.17, 15) is 14.4 Å². The molecule has 0 saturated heterocycles. The summed E-state index contributed by atoms with van der Waals surface area (Å²) in [6.45, 7) is 3.61. The Morgan fingerprint density at radius 1 is 1.48 bits per heavy atom. The van der Waals surface area contributed by atoms with Gasteiger partial charge in [0, 0.05) is 0 Å². The van der Waals surface area contributed by atoms with Gasteiger partial charge in [-0.05, 0) is 32.3 Å². The minimum atomic E-state index is -0.983. The standard InChI is InChI=1S/C14H14ClN3O4S/c1-7(2)22-11-5-10(8(6-19)4-9(11)15)18-13(20)16-12(23-3)17-14(18)21/h4-5,7,10H,1-3H3,(H,16,17,20,21). The van der Waals surface area contributed by atoms with Crippen LogP contribution in [0.3, 0.4) is 0 Å². The van der Waals surface area contributed by atoms with E-state index in [1.54, 1.807) is 26.0 Å². The van der Waals surface area contributed by atoms with Crippen LogP contribution in [-0.4, -0.2) is 32.8 Å². The maximum atomic E-state index is 12.2. The third-order valence-corrected chi connectivity index (χ3v) is 3.81.